The predicted molar refractivity (Wildman–Crippen MR) is 134 cm³/mol. The molecular weight excluding hydrogens is 398 g/mol. The summed E-state index contributed by atoms with van der Waals surface area (Å²) in [5.41, 5.74) is 5.22. The van der Waals surface area contributed by atoms with Crippen LogP contribution in [0, 0.1) is 13.8 Å². The van der Waals surface area contributed by atoms with Gasteiger partial charge >= 0.3 is 6.03 Å². The first-order chi connectivity index (χ1) is 15.4. The Labute approximate surface area is 190 Å². The molecule has 6 heteroatoms. The van der Waals surface area contributed by atoms with E-state index in [4.69, 9.17) is 4.98 Å². The Bertz CT molecular complexity index is 1080. The lowest BCUT2D eigenvalue weighted by molar-refractivity contribution is 0.243. The molecule has 0 radical (unpaired) electrons. The SMILES string of the molecule is Cc1cccc(C)c1NC(=O)N[C@H]1CC[C@@H](Nc2cc(N(C)C)c3ccccc3n2)CC1. The van der Waals surface area contributed by atoms with Crippen molar-refractivity contribution in [2.75, 3.05) is 29.6 Å². The highest BCUT2D eigenvalue weighted by atomic mass is 16.2. The number of rotatable bonds is 5. The molecule has 0 spiro atoms. The minimum Gasteiger partial charge on any atom is -0.377 e. The fraction of sp³-hybridized carbons (Fsp3) is 0.385. The molecule has 2 amide bonds. The third-order valence-electron chi connectivity index (χ3n) is 6.31. The lowest BCUT2D eigenvalue weighted by atomic mass is 9.91. The van der Waals surface area contributed by atoms with Crippen LogP contribution >= 0.6 is 0 Å². The number of urea groups is 1. The summed E-state index contributed by atoms with van der Waals surface area (Å²) in [4.78, 5) is 19.5. The third-order valence-corrected chi connectivity index (χ3v) is 6.31. The molecule has 3 aromatic rings. The van der Waals surface area contributed by atoms with Crippen molar-refractivity contribution in [2.24, 2.45) is 0 Å². The Morgan fingerprint density at radius 1 is 0.938 bits per heavy atom. The number of nitrogens with zero attached hydrogens (tertiary/aromatic N) is 2. The van der Waals surface area contributed by atoms with Gasteiger partial charge in [-0.05, 0) is 56.7 Å². The number of hydrogen-bond acceptors (Lipinski definition) is 4. The van der Waals surface area contributed by atoms with Crippen LogP contribution in [0.1, 0.15) is 36.8 Å². The van der Waals surface area contributed by atoms with Crippen molar-refractivity contribution in [1.82, 2.24) is 10.3 Å². The smallest absolute Gasteiger partial charge is 0.319 e. The van der Waals surface area contributed by atoms with E-state index in [1.54, 1.807) is 0 Å². The average Bonchev–Trinajstić information content (AvgIpc) is 2.77. The van der Waals surface area contributed by atoms with Crippen LogP contribution in [-0.2, 0) is 0 Å². The number of carbonyl (C=O) groups excluding carboxylic acids is 1. The molecule has 2 aromatic carbocycles. The molecule has 0 atom stereocenters. The van der Waals surface area contributed by atoms with Crippen LogP contribution in [0.3, 0.4) is 0 Å². The van der Waals surface area contributed by atoms with Gasteiger partial charge in [-0.1, -0.05) is 36.4 Å². The van der Waals surface area contributed by atoms with E-state index in [0.717, 1.165) is 64.9 Å². The van der Waals surface area contributed by atoms with Gasteiger partial charge in [0.1, 0.15) is 5.82 Å². The summed E-state index contributed by atoms with van der Waals surface area (Å²) in [5, 5.41) is 11.0. The molecule has 1 saturated carbocycles. The van der Waals surface area contributed by atoms with Gasteiger partial charge in [0.2, 0.25) is 0 Å². The Morgan fingerprint density at radius 2 is 1.59 bits per heavy atom. The number of hydrogen-bond donors (Lipinski definition) is 3. The average molecular weight is 432 g/mol. The van der Waals surface area contributed by atoms with Crippen molar-refractivity contribution in [3.05, 3.63) is 59.7 Å². The molecule has 1 heterocycles. The van der Waals surface area contributed by atoms with Crippen LogP contribution in [0.5, 0.6) is 0 Å². The maximum absolute atomic E-state index is 12.5. The van der Waals surface area contributed by atoms with E-state index in [-0.39, 0.29) is 12.1 Å². The molecule has 0 bridgehead atoms. The van der Waals surface area contributed by atoms with Crippen LogP contribution in [0.25, 0.3) is 10.9 Å². The molecule has 1 aliphatic rings. The van der Waals surface area contributed by atoms with Crippen molar-refractivity contribution in [3.63, 3.8) is 0 Å². The number of benzene rings is 2. The van der Waals surface area contributed by atoms with Crippen LogP contribution in [0.4, 0.5) is 22.0 Å². The molecule has 1 fully saturated rings. The maximum atomic E-state index is 12.5. The van der Waals surface area contributed by atoms with E-state index in [1.165, 1.54) is 0 Å². The first kappa shape index (κ1) is 21.9. The minimum absolute atomic E-state index is 0.120. The van der Waals surface area contributed by atoms with Gasteiger partial charge < -0.3 is 20.9 Å². The monoisotopic (exact) mass is 431 g/mol. The first-order valence-corrected chi connectivity index (χ1v) is 11.4. The fourth-order valence-corrected chi connectivity index (χ4v) is 4.54. The van der Waals surface area contributed by atoms with Gasteiger partial charge in [-0.25, -0.2) is 9.78 Å². The largest absolute Gasteiger partial charge is 0.377 e. The zero-order chi connectivity index (χ0) is 22.7. The zero-order valence-corrected chi connectivity index (χ0v) is 19.4. The summed E-state index contributed by atoms with van der Waals surface area (Å²) in [6, 6.07) is 16.9. The van der Waals surface area contributed by atoms with Crippen LogP contribution in [-0.4, -0.2) is 37.2 Å². The van der Waals surface area contributed by atoms with Crippen molar-refractivity contribution in [3.8, 4) is 0 Å². The Kier molecular flexibility index (Phi) is 6.49. The number of fused-ring (bicyclic) bond motifs is 1. The van der Waals surface area contributed by atoms with Crippen molar-refractivity contribution in [1.29, 1.82) is 0 Å². The van der Waals surface area contributed by atoms with E-state index in [9.17, 15) is 4.79 Å². The molecule has 3 N–H and O–H groups in total. The normalized spacial score (nSPS) is 18.2. The first-order valence-electron chi connectivity index (χ1n) is 11.4. The molecule has 4 rings (SSSR count). The topological polar surface area (TPSA) is 69.3 Å². The van der Waals surface area contributed by atoms with Gasteiger partial charge in [-0.2, -0.15) is 0 Å². The second-order valence-electron chi connectivity index (χ2n) is 9.00. The highest BCUT2D eigenvalue weighted by Gasteiger charge is 2.23. The number of para-hydroxylation sites is 2. The van der Waals surface area contributed by atoms with E-state index in [0.29, 0.717) is 6.04 Å². The quantitative estimate of drug-likeness (QED) is 0.502. The van der Waals surface area contributed by atoms with Gasteiger partial charge in [0, 0.05) is 49.0 Å². The lowest BCUT2D eigenvalue weighted by Gasteiger charge is -2.30. The van der Waals surface area contributed by atoms with Gasteiger partial charge in [0.25, 0.3) is 0 Å². The summed E-state index contributed by atoms with van der Waals surface area (Å²) in [6.07, 6.45) is 3.90. The second-order valence-corrected chi connectivity index (χ2v) is 9.00. The number of amides is 2. The Balaban J connectivity index is 1.34. The van der Waals surface area contributed by atoms with E-state index in [1.807, 2.05) is 38.1 Å². The summed E-state index contributed by atoms with van der Waals surface area (Å²) < 4.78 is 0. The van der Waals surface area contributed by atoms with Gasteiger partial charge in [0.05, 0.1) is 5.52 Å². The van der Waals surface area contributed by atoms with Crippen molar-refractivity contribution >= 4 is 34.1 Å². The van der Waals surface area contributed by atoms with Gasteiger partial charge in [-0.3, -0.25) is 0 Å². The van der Waals surface area contributed by atoms with Gasteiger partial charge in [0.15, 0.2) is 0 Å². The molecule has 0 aliphatic heterocycles. The number of carbonyl (C=O) groups is 1. The summed E-state index contributed by atoms with van der Waals surface area (Å²) in [7, 11) is 4.12. The Morgan fingerprint density at radius 3 is 2.28 bits per heavy atom. The number of nitrogens with one attached hydrogen (secondary N) is 3. The highest BCUT2D eigenvalue weighted by molar-refractivity contribution is 5.93. The molecule has 32 heavy (non-hydrogen) atoms. The van der Waals surface area contributed by atoms with Crippen LogP contribution in [0.15, 0.2) is 48.5 Å². The molecule has 0 saturated heterocycles. The number of anilines is 3. The minimum atomic E-state index is -0.120. The van der Waals surface area contributed by atoms with E-state index >= 15 is 0 Å². The fourth-order valence-electron chi connectivity index (χ4n) is 4.54. The predicted octanol–water partition coefficient (Wildman–Crippen LogP) is 5.46. The van der Waals surface area contributed by atoms with Crippen LogP contribution in [0.2, 0.25) is 0 Å². The molecule has 1 aromatic heterocycles. The third kappa shape index (κ3) is 4.96. The molecule has 168 valence electrons. The Hall–Kier alpha value is -3.28. The van der Waals surface area contributed by atoms with E-state index in [2.05, 4.69) is 59.2 Å². The van der Waals surface area contributed by atoms with Crippen LogP contribution < -0.4 is 20.9 Å². The standard InChI is InChI=1S/C26H33N5O/c1-17-8-7-9-18(2)25(17)30-26(32)28-20-14-12-19(13-15-20)27-24-16-23(31(3)4)21-10-5-6-11-22(21)29-24/h5-11,16,19-20H,12-15H2,1-4H3,(H,27,29)(H2,28,30,32)/t19-,20+. The maximum Gasteiger partial charge on any atom is 0.319 e. The summed E-state index contributed by atoms with van der Waals surface area (Å²) in [6.45, 7) is 4.03. The molecule has 1 aliphatic carbocycles. The lowest BCUT2D eigenvalue weighted by Crippen LogP contribution is -2.42. The summed E-state index contributed by atoms with van der Waals surface area (Å²) >= 11 is 0. The summed E-state index contributed by atoms with van der Waals surface area (Å²) in [5.74, 6) is 0.914. The molecule has 6 nitrogen and oxygen atoms in total. The highest BCUT2D eigenvalue weighted by Crippen LogP contribution is 2.29. The number of aryl methyl sites for hydroxylation is 2. The second kappa shape index (κ2) is 9.47. The van der Waals surface area contributed by atoms with E-state index < -0.39 is 0 Å². The molecule has 0 unspecified atom stereocenters. The van der Waals surface area contributed by atoms with Gasteiger partial charge in [-0.15, -0.1) is 0 Å². The number of aromatic nitrogens is 1. The zero-order valence-electron chi connectivity index (χ0n) is 19.4. The van der Waals surface area contributed by atoms with Crippen molar-refractivity contribution < 1.29 is 4.79 Å². The molecular formula is C26H33N5O. The van der Waals surface area contributed by atoms with Crippen molar-refractivity contribution in [2.45, 2.75) is 51.6 Å². The number of pyridine rings is 1.